The van der Waals surface area contributed by atoms with Gasteiger partial charge in [-0.1, -0.05) is 42.5 Å². The van der Waals surface area contributed by atoms with E-state index < -0.39 is 0 Å². The van der Waals surface area contributed by atoms with Crippen molar-refractivity contribution >= 4 is 11.6 Å². The summed E-state index contributed by atoms with van der Waals surface area (Å²) in [6.45, 7) is 0. The summed E-state index contributed by atoms with van der Waals surface area (Å²) in [5, 5.41) is 0. The van der Waals surface area contributed by atoms with Crippen LogP contribution in [0.4, 0.5) is 4.39 Å². The van der Waals surface area contributed by atoms with Gasteiger partial charge < -0.3 is 0 Å². The van der Waals surface area contributed by atoms with E-state index in [0.717, 1.165) is 12.0 Å². The molecule has 1 aliphatic carbocycles. The van der Waals surface area contributed by atoms with Crippen molar-refractivity contribution < 1.29 is 30.6 Å². The molecule has 0 fully saturated rings. The molecule has 82 valence electrons. The summed E-state index contributed by atoms with van der Waals surface area (Å²) in [6.07, 6.45) is 3.13. The monoisotopic (exact) mass is 300 g/mol. The van der Waals surface area contributed by atoms with Gasteiger partial charge in [0.2, 0.25) is 0 Å². The average molecular weight is 301 g/mol. The van der Waals surface area contributed by atoms with Crippen LogP contribution in [0.2, 0.25) is 0 Å². The first-order valence-corrected chi connectivity index (χ1v) is 5.37. The van der Waals surface area contributed by atoms with Gasteiger partial charge in [-0.15, -0.1) is 0 Å². The first-order valence-electron chi connectivity index (χ1n) is 5.37. The second-order valence-electron chi connectivity index (χ2n) is 4.05. The first-order chi connectivity index (χ1) is 7.83. The van der Waals surface area contributed by atoms with Gasteiger partial charge >= 0.3 is 0 Å². The third-order valence-corrected chi connectivity index (χ3v) is 2.98. The van der Waals surface area contributed by atoms with E-state index in [2.05, 4.69) is 24.3 Å². The van der Waals surface area contributed by atoms with E-state index >= 15 is 0 Å². The number of fused-ring (bicyclic) bond motifs is 1. The zero-order valence-electron chi connectivity index (χ0n) is 9.28. The first kappa shape index (κ1) is 12.5. The molecule has 0 bridgehead atoms. The molecule has 2 aromatic rings. The minimum atomic E-state index is -0.181. The van der Waals surface area contributed by atoms with Gasteiger partial charge in [0.05, 0.1) is 0 Å². The van der Waals surface area contributed by atoms with Gasteiger partial charge in [0.1, 0.15) is 5.82 Å². The second kappa shape index (κ2) is 5.10. The maximum Gasteiger partial charge on any atom is 0.123 e. The molecule has 0 atom stereocenters. The Morgan fingerprint density at radius 2 is 1.59 bits per heavy atom. The zero-order chi connectivity index (χ0) is 11.0. The van der Waals surface area contributed by atoms with Gasteiger partial charge in [0, 0.05) is 26.2 Å². The van der Waals surface area contributed by atoms with Crippen LogP contribution in [0, 0.1) is 5.82 Å². The maximum absolute atomic E-state index is 12.8. The SMILES string of the molecule is Fc1ccc(C2=Cc3ccccc3C2)cc1.[Zr]. The third kappa shape index (κ3) is 2.47. The molecule has 2 aromatic carbocycles. The summed E-state index contributed by atoms with van der Waals surface area (Å²) in [5.74, 6) is -0.181. The summed E-state index contributed by atoms with van der Waals surface area (Å²) in [5.41, 5.74) is 5.00. The van der Waals surface area contributed by atoms with Crippen molar-refractivity contribution in [2.75, 3.05) is 0 Å². The maximum atomic E-state index is 12.8. The summed E-state index contributed by atoms with van der Waals surface area (Å²) in [7, 11) is 0. The molecule has 3 rings (SSSR count). The van der Waals surface area contributed by atoms with Crippen LogP contribution < -0.4 is 0 Å². The Kier molecular flexibility index (Phi) is 3.73. The summed E-state index contributed by atoms with van der Waals surface area (Å²) >= 11 is 0. The van der Waals surface area contributed by atoms with Crippen LogP contribution in [-0.2, 0) is 32.6 Å². The smallest absolute Gasteiger partial charge is 0.123 e. The minimum absolute atomic E-state index is 0. The van der Waals surface area contributed by atoms with Crippen LogP contribution in [0.1, 0.15) is 16.7 Å². The fourth-order valence-electron chi connectivity index (χ4n) is 2.13. The molecule has 0 amide bonds. The van der Waals surface area contributed by atoms with E-state index in [4.69, 9.17) is 0 Å². The Balaban J connectivity index is 0.00000108. The molecule has 0 aromatic heterocycles. The minimum Gasteiger partial charge on any atom is -0.207 e. The van der Waals surface area contributed by atoms with Crippen molar-refractivity contribution in [3.63, 3.8) is 0 Å². The van der Waals surface area contributed by atoms with Crippen molar-refractivity contribution in [2.24, 2.45) is 0 Å². The van der Waals surface area contributed by atoms with Gasteiger partial charge in [0.25, 0.3) is 0 Å². The van der Waals surface area contributed by atoms with E-state index in [9.17, 15) is 4.39 Å². The topological polar surface area (TPSA) is 0 Å². The molecule has 0 spiro atoms. The Bertz CT molecular complexity index is 555. The zero-order valence-corrected chi connectivity index (χ0v) is 11.7. The molecule has 0 saturated heterocycles. The van der Waals surface area contributed by atoms with Crippen molar-refractivity contribution in [1.82, 2.24) is 0 Å². The molecule has 2 heteroatoms. The van der Waals surface area contributed by atoms with Crippen LogP contribution in [0.3, 0.4) is 0 Å². The van der Waals surface area contributed by atoms with Crippen LogP contribution in [0.15, 0.2) is 48.5 Å². The van der Waals surface area contributed by atoms with Crippen molar-refractivity contribution in [1.29, 1.82) is 0 Å². The normalized spacial score (nSPS) is 12.6. The summed E-state index contributed by atoms with van der Waals surface area (Å²) in [4.78, 5) is 0. The summed E-state index contributed by atoms with van der Waals surface area (Å²) < 4.78 is 12.8. The second-order valence-corrected chi connectivity index (χ2v) is 4.05. The summed E-state index contributed by atoms with van der Waals surface area (Å²) in [6, 6.07) is 15.1. The van der Waals surface area contributed by atoms with E-state index in [1.165, 1.54) is 28.8 Å². The Morgan fingerprint density at radius 3 is 2.29 bits per heavy atom. The van der Waals surface area contributed by atoms with Gasteiger partial charge in [-0.2, -0.15) is 0 Å². The number of allylic oxidation sites excluding steroid dienone is 1. The number of rotatable bonds is 1. The molecule has 0 heterocycles. The van der Waals surface area contributed by atoms with E-state index in [-0.39, 0.29) is 32.0 Å². The largest absolute Gasteiger partial charge is 0.207 e. The van der Waals surface area contributed by atoms with Gasteiger partial charge in [0.15, 0.2) is 0 Å². The van der Waals surface area contributed by atoms with Crippen LogP contribution in [0.5, 0.6) is 0 Å². The standard InChI is InChI=1S/C15H11F.Zr/c16-15-7-5-11(6-8-15)14-9-12-3-1-2-4-13(12)10-14;/h1-9H,10H2;. The van der Waals surface area contributed by atoms with Gasteiger partial charge in [-0.25, -0.2) is 4.39 Å². The molecular formula is C15H11FZr. The van der Waals surface area contributed by atoms with Crippen LogP contribution in [0.25, 0.3) is 11.6 Å². The van der Waals surface area contributed by atoms with Crippen molar-refractivity contribution in [2.45, 2.75) is 6.42 Å². The van der Waals surface area contributed by atoms with Crippen LogP contribution >= 0.6 is 0 Å². The Hall–Kier alpha value is -1.01. The van der Waals surface area contributed by atoms with Gasteiger partial charge in [-0.3, -0.25) is 0 Å². The van der Waals surface area contributed by atoms with Crippen molar-refractivity contribution in [3.8, 4) is 0 Å². The predicted molar refractivity (Wildman–Crippen MR) is 64.4 cm³/mol. The molecule has 17 heavy (non-hydrogen) atoms. The van der Waals surface area contributed by atoms with Crippen molar-refractivity contribution in [3.05, 3.63) is 71.0 Å². The molecule has 0 radical (unpaired) electrons. The molecule has 0 aliphatic heterocycles. The van der Waals surface area contributed by atoms with E-state index in [0.29, 0.717) is 0 Å². The third-order valence-electron chi connectivity index (χ3n) is 2.98. The number of hydrogen-bond donors (Lipinski definition) is 0. The quantitative estimate of drug-likeness (QED) is 0.749. The average Bonchev–Trinajstić information content (AvgIpc) is 2.73. The van der Waals surface area contributed by atoms with E-state index in [1.54, 1.807) is 0 Å². The molecule has 0 nitrogen and oxygen atoms in total. The number of halogens is 1. The predicted octanol–water partition coefficient (Wildman–Crippen LogP) is 3.92. The Labute approximate surface area is 119 Å². The molecule has 0 unspecified atom stereocenters. The van der Waals surface area contributed by atoms with E-state index in [1.807, 2.05) is 18.2 Å². The van der Waals surface area contributed by atoms with Gasteiger partial charge in [-0.05, 0) is 40.8 Å². The van der Waals surface area contributed by atoms with Crippen LogP contribution in [-0.4, -0.2) is 0 Å². The Morgan fingerprint density at radius 1 is 0.882 bits per heavy atom. The molecule has 1 aliphatic rings. The number of hydrogen-bond acceptors (Lipinski definition) is 0. The fourth-order valence-corrected chi connectivity index (χ4v) is 2.13. The molecular weight excluding hydrogens is 290 g/mol. The molecule has 0 saturated carbocycles. The fraction of sp³-hybridized carbons (Fsp3) is 0.0667. The molecule has 0 N–H and O–H groups in total. The number of benzene rings is 2.